The SMILES string of the molecule is CN1C(=O)CC(NC(=O)CCc2ccccc2N)C1=O. The van der Waals surface area contributed by atoms with Crippen LogP contribution < -0.4 is 11.1 Å². The number of aryl methyl sites for hydroxylation is 1. The highest BCUT2D eigenvalue weighted by molar-refractivity contribution is 6.06. The van der Waals surface area contributed by atoms with Crippen molar-refractivity contribution in [1.29, 1.82) is 0 Å². The second kappa shape index (κ2) is 5.73. The maximum Gasteiger partial charge on any atom is 0.252 e. The molecule has 20 heavy (non-hydrogen) atoms. The molecule has 0 bridgehead atoms. The molecule has 0 aliphatic carbocycles. The Kier molecular flexibility index (Phi) is 4.02. The fourth-order valence-electron chi connectivity index (χ4n) is 2.14. The number of likely N-dealkylation sites (N-methyl/N-ethyl adjacent to an activating group) is 1. The number of rotatable bonds is 4. The van der Waals surface area contributed by atoms with Gasteiger partial charge in [-0.1, -0.05) is 18.2 Å². The van der Waals surface area contributed by atoms with Gasteiger partial charge in [-0.3, -0.25) is 19.3 Å². The van der Waals surface area contributed by atoms with Gasteiger partial charge in [0.1, 0.15) is 6.04 Å². The van der Waals surface area contributed by atoms with E-state index in [4.69, 9.17) is 5.73 Å². The molecule has 1 saturated heterocycles. The molecule has 1 unspecified atom stereocenters. The molecule has 1 aliphatic heterocycles. The molecule has 6 heteroatoms. The van der Waals surface area contributed by atoms with E-state index in [2.05, 4.69) is 5.32 Å². The molecule has 0 spiro atoms. The summed E-state index contributed by atoms with van der Waals surface area (Å²) in [6, 6.07) is 6.60. The lowest BCUT2D eigenvalue weighted by molar-refractivity contribution is -0.138. The quantitative estimate of drug-likeness (QED) is 0.601. The number of carbonyl (C=O) groups is 3. The van der Waals surface area contributed by atoms with E-state index in [1.807, 2.05) is 18.2 Å². The number of para-hydroxylation sites is 1. The minimum absolute atomic E-state index is 0.0363. The highest BCUT2D eigenvalue weighted by Gasteiger charge is 2.36. The van der Waals surface area contributed by atoms with E-state index in [1.165, 1.54) is 7.05 Å². The number of nitrogens with one attached hydrogen (secondary N) is 1. The van der Waals surface area contributed by atoms with Gasteiger partial charge in [-0.05, 0) is 18.1 Å². The van der Waals surface area contributed by atoms with Crippen molar-refractivity contribution in [3.05, 3.63) is 29.8 Å². The molecule has 1 aromatic carbocycles. The number of hydrogen-bond acceptors (Lipinski definition) is 4. The maximum absolute atomic E-state index is 11.8. The van der Waals surface area contributed by atoms with Crippen molar-refractivity contribution in [2.75, 3.05) is 12.8 Å². The summed E-state index contributed by atoms with van der Waals surface area (Å²) in [4.78, 5) is 35.8. The van der Waals surface area contributed by atoms with Gasteiger partial charge >= 0.3 is 0 Å². The molecule has 0 saturated carbocycles. The van der Waals surface area contributed by atoms with Crippen LogP contribution in [0.15, 0.2) is 24.3 Å². The van der Waals surface area contributed by atoms with E-state index in [0.29, 0.717) is 12.1 Å². The number of anilines is 1. The van der Waals surface area contributed by atoms with Crippen LogP contribution in [0.2, 0.25) is 0 Å². The van der Waals surface area contributed by atoms with Gasteiger partial charge in [0, 0.05) is 19.2 Å². The number of nitrogen functional groups attached to an aromatic ring is 1. The topological polar surface area (TPSA) is 92.5 Å². The minimum atomic E-state index is -0.729. The van der Waals surface area contributed by atoms with Gasteiger partial charge in [-0.2, -0.15) is 0 Å². The smallest absolute Gasteiger partial charge is 0.252 e. The van der Waals surface area contributed by atoms with Crippen molar-refractivity contribution in [2.24, 2.45) is 0 Å². The first-order valence-electron chi connectivity index (χ1n) is 6.42. The lowest BCUT2D eigenvalue weighted by Crippen LogP contribution is -2.40. The summed E-state index contributed by atoms with van der Waals surface area (Å²) in [6.07, 6.45) is 0.771. The predicted octanol–water partition coefficient (Wildman–Crippen LogP) is 0.0749. The summed E-state index contributed by atoms with van der Waals surface area (Å²) in [6.45, 7) is 0. The molecule has 0 radical (unpaired) electrons. The third-order valence-corrected chi connectivity index (χ3v) is 3.39. The van der Waals surface area contributed by atoms with Crippen LogP contribution in [0, 0.1) is 0 Å². The first-order chi connectivity index (χ1) is 9.49. The van der Waals surface area contributed by atoms with Crippen molar-refractivity contribution in [1.82, 2.24) is 10.2 Å². The van der Waals surface area contributed by atoms with Crippen LogP contribution in [0.4, 0.5) is 5.69 Å². The normalized spacial score (nSPS) is 18.4. The highest BCUT2D eigenvalue weighted by atomic mass is 16.2. The van der Waals surface area contributed by atoms with Crippen LogP contribution in [0.5, 0.6) is 0 Å². The number of nitrogens with two attached hydrogens (primary N) is 1. The minimum Gasteiger partial charge on any atom is -0.399 e. The van der Waals surface area contributed by atoms with Crippen LogP contribution in [-0.4, -0.2) is 35.7 Å². The highest BCUT2D eigenvalue weighted by Crippen LogP contribution is 2.14. The van der Waals surface area contributed by atoms with Gasteiger partial charge < -0.3 is 11.1 Å². The van der Waals surface area contributed by atoms with Gasteiger partial charge in [-0.15, -0.1) is 0 Å². The lowest BCUT2D eigenvalue weighted by atomic mass is 10.1. The van der Waals surface area contributed by atoms with E-state index in [9.17, 15) is 14.4 Å². The van der Waals surface area contributed by atoms with Gasteiger partial charge in [0.05, 0.1) is 6.42 Å². The van der Waals surface area contributed by atoms with E-state index in [1.54, 1.807) is 6.07 Å². The predicted molar refractivity (Wildman–Crippen MR) is 73.5 cm³/mol. The second-order valence-electron chi connectivity index (χ2n) is 4.81. The number of likely N-dealkylation sites (tertiary alicyclic amines) is 1. The third-order valence-electron chi connectivity index (χ3n) is 3.39. The Bertz CT molecular complexity index is 556. The monoisotopic (exact) mass is 275 g/mol. The molecule has 1 aliphatic rings. The van der Waals surface area contributed by atoms with Crippen LogP contribution in [0.25, 0.3) is 0 Å². The van der Waals surface area contributed by atoms with Crippen LogP contribution in [-0.2, 0) is 20.8 Å². The first-order valence-corrected chi connectivity index (χ1v) is 6.42. The molecule has 1 aromatic rings. The molecule has 2 rings (SSSR count). The molecule has 3 amide bonds. The largest absolute Gasteiger partial charge is 0.399 e. The summed E-state index contributed by atoms with van der Waals surface area (Å²) < 4.78 is 0. The third kappa shape index (κ3) is 2.96. The van der Waals surface area contributed by atoms with E-state index in [0.717, 1.165) is 10.5 Å². The Labute approximate surface area is 116 Å². The Hall–Kier alpha value is -2.37. The standard InChI is InChI=1S/C14H17N3O3/c1-17-13(19)8-11(14(17)20)16-12(18)7-6-9-4-2-3-5-10(9)15/h2-5,11H,6-8,15H2,1H3,(H,16,18). The molecular weight excluding hydrogens is 258 g/mol. The summed E-state index contributed by atoms with van der Waals surface area (Å²) in [5, 5.41) is 2.59. The lowest BCUT2D eigenvalue weighted by Gasteiger charge is -2.11. The number of benzene rings is 1. The average Bonchev–Trinajstić information content (AvgIpc) is 2.65. The Morgan fingerprint density at radius 3 is 2.70 bits per heavy atom. The summed E-state index contributed by atoms with van der Waals surface area (Å²) in [5.41, 5.74) is 7.33. The van der Waals surface area contributed by atoms with Gasteiger partial charge in [0.15, 0.2) is 0 Å². The molecule has 6 nitrogen and oxygen atoms in total. The summed E-state index contributed by atoms with van der Waals surface area (Å²) in [5.74, 6) is -0.884. The fourth-order valence-corrected chi connectivity index (χ4v) is 2.14. The second-order valence-corrected chi connectivity index (χ2v) is 4.81. The van der Waals surface area contributed by atoms with Crippen molar-refractivity contribution in [3.63, 3.8) is 0 Å². The van der Waals surface area contributed by atoms with Crippen molar-refractivity contribution < 1.29 is 14.4 Å². The number of hydrogen-bond donors (Lipinski definition) is 2. The van der Waals surface area contributed by atoms with E-state index < -0.39 is 6.04 Å². The van der Waals surface area contributed by atoms with E-state index >= 15 is 0 Å². The molecule has 0 aromatic heterocycles. The summed E-state index contributed by atoms with van der Waals surface area (Å²) >= 11 is 0. The first kappa shape index (κ1) is 14.0. The zero-order chi connectivity index (χ0) is 14.7. The molecule has 1 fully saturated rings. The number of nitrogens with zero attached hydrogens (tertiary/aromatic N) is 1. The molecule has 1 heterocycles. The fraction of sp³-hybridized carbons (Fsp3) is 0.357. The maximum atomic E-state index is 11.8. The molecule has 1 atom stereocenters. The Balaban J connectivity index is 1.86. The van der Waals surface area contributed by atoms with Crippen molar-refractivity contribution in [2.45, 2.75) is 25.3 Å². The van der Waals surface area contributed by atoms with Gasteiger partial charge in [-0.25, -0.2) is 0 Å². The van der Waals surface area contributed by atoms with Gasteiger partial charge in [0.2, 0.25) is 11.8 Å². The van der Waals surface area contributed by atoms with Gasteiger partial charge in [0.25, 0.3) is 5.91 Å². The number of amides is 3. The zero-order valence-corrected chi connectivity index (χ0v) is 11.3. The van der Waals surface area contributed by atoms with E-state index in [-0.39, 0.29) is 30.6 Å². The molecule has 106 valence electrons. The summed E-state index contributed by atoms with van der Waals surface area (Å²) in [7, 11) is 1.42. The average molecular weight is 275 g/mol. The zero-order valence-electron chi connectivity index (χ0n) is 11.3. The van der Waals surface area contributed by atoms with Crippen molar-refractivity contribution in [3.8, 4) is 0 Å². The number of carbonyl (C=O) groups excluding carboxylic acids is 3. The molecular formula is C14H17N3O3. The van der Waals surface area contributed by atoms with Crippen molar-refractivity contribution >= 4 is 23.4 Å². The van der Waals surface area contributed by atoms with Crippen LogP contribution >= 0.6 is 0 Å². The number of imide groups is 1. The Morgan fingerprint density at radius 1 is 1.40 bits per heavy atom. The molecule has 3 N–H and O–H groups in total. The van der Waals surface area contributed by atoms with Crippen LogP contribution in [0.1, 0.15) is 18.4 Å². The Morgan fingerprint density at radius 2 is 2.10 bits per heavy atom. The van der Waals surface area contributed by atoms with Crippen LogP contribution in [0.3, 0.4) is 0 Å².